The van der Waals surface area contributed by atoms with Crippen LogP contribution in [0.15, 0.2) is 54.6 Å². The van der Waals surface area contributed by atoms with Gasteiger partial charge in [-0.05, 0) is 42.7 Å². The van der Waals surface area contributed by atoms with E-state index in [1.54, 1.807) is 40.0 Å². The monoisotopic (exact) mass is 883 g/mol. The first-order valence-electron chi connectivity index (χ1n) is 19.0. The van der Waals surface area contributed by atoms with Gasteiger partial charge >= 0.3 is 18.0 Å². The number of fused-ring (bicyclic) bond motifs is 1. The highest BCUT2D eigenvalue weighted by Gasteiger charge is 2.61. The third-order valence-electron chi connectivity index (χ3n) is 11.0. The molecule has 300 valence electrons. The Morgan fingerprint density at radius 2 is 1.68 bits per heavy atom. The number of alkyl halides is 1. The molecule has 0 spiro atoms. The molecule has 0 bridgehead atoms. The molecule has 0 unspecified atom stereocenters. The number of carboxylic acids is 1. The number of urea groups is 1. The smallest absolute Gasteiger partial charge is 0.330 e. The molecule has 2 aliphatic carbocycles. The summed E-state index contributed by atoms with van der Waals surface area (Å²) in [5, 5.41) is 19.2. The highest BCUT2D eigenvalue weighted by atomic mass is 127. The van der Waals surface area contributed by atoms with E-state index >= 15 is 0 Å². The van der Waals surface area contributed by atoms with Gasteiger partial charge < -0.3 is 40.2 Å². The molecule has 3 aromatic rings. The van der Waals surface area contributed by atoms with Crippen molar-refractivity contribution < 1.29 is 43.3 Å². The second-order valence-corrected chi connectivity index (χ2v) is 17.5. The third kappa shape index (κ3) is 8.82. The van der Waals surface area contributed by atoms with Crippen LogP contribution in [0.3, 0.4) is 0 Å². The van der Waals surface area contributed by atoms with Crippen LogP contribution >= 0.6 is 22.6 Å². The number of pyridine rings is 1. The summed E-state index contributed by atoms with van der Waals surface area (Å²) in [6.07, 6.45) is 4.04. The van der Waals surface area contributed by atoms with E-state index in [9.17, 15) is 29.1 Å². The van der Waals surface area contributed by atoms with Crippen molar-refractivity contribution in [2.24, 2.45) is 11.3 Å². The molecule has 6 atom stereocenters. The van der Waals surface area contributed by atoms with Crippen LogP contribution in [0.4, 0.5) is 4.79 Å². The normalized spacial score (nSPS) is 23.4. The van der Waals surface area contributed by atoms with E-state index in [0.717, 1.165) is 37.7 Å². The quantitative estimate of drug-likeness (QED) is 0.107. The van der Waals surface area contributed by atoms with E-state index in [4.69, 9.17) is 19.2 Å². The fourth-order valence-electron chi connectivity index (χ4n) is 7.71. The molecule has 1 aliphatic heterocycles. The first-order valence-corrected chi connectivity index (χ1v) is 20.3. The van der Waals surface area contributed by atoms with Gasteiger partial charge in [-0.3, -0.25) is 9.59 Å². The van der Waals surface area contributed by atoms with Crippen LogP contribution in [-0.4, -0.2) is 99.2 Å². The number of halogens is 1. The van der Waals surface area contributed by atoms with Gasteiger partial charge in [0.25, 0.3) is 0 Å². The number of hydrogen-bond donors (Lipinski definition) is 4. The highest BCUT2D eigenvalue weighted by Crippen LogP contribution is 2.44. The zero-order valence-electron chi connectivity index (χ0n) is 32.3. The second kappa shape index (κ2) is 16.8. The molecule has 3 fully saturated rings. The van der Waals surface area contributed by atoms with Gasteiger partial charge in [-0.1, -0.05) is 93.0 Å². The van der Waals surface area contributed by atoms with Crippen LogP contribution in [0.1, 0.15) is 65.7 Å². The number of methoxy groups -OCH3 is 2. The lowest BCUT2D eigenvalue weighted by atomic mass is 9.82. The van der Waals surface area contributed by atoms with Crippen LogP contribution in [0, 0.1) is 11.3 Å². The average Bonchev–Trinajstić information content (AvgIpc) is 3.65. The van der Waals surface area contributed by atoms with Crippen molar-refractivity contribution in [2.45, 2.75) is 99.4 Å². The lowest BCUT2D eigenvalue weighted by Crippen LogP contribution is -2.61. The van der Waals surface area contributed by atoms with Gasteiger partial charge in [0, 0.05) is 33.4 Å². The van der Waals surface area contributed by atoms with Crippen LogP contribution in [0.2, 0.25) is 0 Å². The molecule has 15 heteroatoms. The molecule has 2 saturated carbocycles. The van der Waals surface area contributed by atoms with Gasteiger partial charge in [0.2, 0.25) is 11.8 Å². The Morgan fingerprint density at radius 1 is 0.982 bits per heavy atom. The van der Waals surface area contributed by atoms with Gasteiger partial charge in [0.05, 0.1) is 32.0 Å². The number of aliphatic carboxylic acids is 1. The molecule has 56 heavy (non-hydrogen) atoms. The molecule has 1 aromatic heterocycles. The Morgan fingerprint density at radius 3 is 2.29 bits per heavy atom. The molecule has 2 aromatic carbocycles. The van der Waals surface area contributed by atoms with E-state index in [1.165, 1.54) is 12.0 Å². The third-order valence-corrected chi connectivity index (χ3v) is 12.5. The summed E-state index contributed by atoms with van der Waals surface area (Å²) in [4.78, 5) is 73.7. The number of hydrogen-bond acceptors (Lipinski definition) is 9. The van der Waals surface area contributed by atoms with Crippen molar-refractivity contribution in [1.29, 1.82) is 0 Å². The zero-order chi connectivity index (χ0) is 40.4. The van der Waals surface area contributed by atoms with E-state index in [2.05, 4.69) is 16.0 Å². The summed E-state index contributed by atoms with van der Waals surface area (Å²) in [7, 11) is 2.86. The number of aromatic nitrogens is 1. The fraction of sp³-hybridized carbons (Fsp3) is 0.512. The van der Waals surface area contributed by atoms with E-state index < -0.39 is 65.0 Å². The van der Waals surface area contributed by atoms with Crippen molar-refractivity contribution in [2.75, 3.05) is 20.8 Å². The van der Waals surface area contributed by atoms with Gasteiger partial charge in [0.1, 0.15) is 35.7 Å². The molecule has 3 aliphatic rings. The number of nitrogens with zero attached hydrogens (tertiary/aromatic N) is 2. The van der Waals surface area contributed by atoms with Crippen molar-refractivity contribution >= 4 is 63.3 Å². The molecule has 1 saturated heterocycles. The van der Waals surface area contributed by atoms with Crippen molar-refractivity contribution in [3.05, 3.63) is 54.6 Å². The van der Waals surface area contributed by atoms with E-state index in [0.29, 0.717) is 28.1 Å². The Hall–Kier alpha value is -4.67. The summed E-state index contributed by atoms with van der Waals surface area (Å²) in [6.45, 7) is 5.33. The largest absolute Gasteiger partial charge is 0.497 e. The van der Waals surface area contributed by atoms with E-state index in [1.807, 2.05) is 65.1 Å². The topological polar surface area (TPSA) is 185 Å². The summed E-state index contributed by atoms with van der Waals surface area (Å²) >= 11 is 2.00. The number of amides is 4. The number of benzene rings is 2. The van der Waals surface area contributed by atoms with Gasteiger partial charge in [-0.2, -0.15) is 0 Å². The first kappa shape index (κ1) is 41.0. The lowest BCUT2D eigenvalue weighted by Gasteiger charge is -2.35. The SMILES string of the molecule is COC(=O)[C@@H](NC(=O)[C@@H](NC(=O)N1C[C@H](Oc2cc(-c3ccccc3)nc3cc(OC)ccc23)C[C@H]1C(=O)N[C@]1(C(=O)O)C[C@H]1I)C(C)(C)C)C1CCCCC1. The maximum absolute atomic E-state index is 14.4. The standard InChI is InChI=1S/C41H50IN5O9/c1-40(2,3)34(36(49)44-33(37(50)55-5)24-14-10-7-11-15-24)45-39(53)47-22-26(19-30(47)35(48)46-41(38(51)52)21-32(41)42)56-31-20-28(23-12-8-6-9-13-23)43-29-18-25(54-4)16-17-27(29)31/h6,8-9,12-13,16-18,20,24,26,30,32-34H,7,10-11,14-15,19,21-22H2,1-5H3,(H,44,49)(H,45,53)(H,46,48)(H,51,52)/t26-,30+,32-,33+,34-,41-/m1/s1. The summed E-state index contributed by atoms with van der Waals surface area (Å²) in [6, 6.07) is 13.0. The number of carboxylic acid groups (broad SMARTS) is 1. The van der Waals surface area contributed by atoms with Crippen LogP contribution in [0.5, 0.6) is 11.5 Å². The lowest BCUT2D eigenvalue weighted by molar-refractivity contribution is -0.147. The van der Waals surface area contributed by atoms with E-state index in [-0.39, 0.29) is 29.2 Å². The minimum Gasteiger partial charge on any atom is -0.497 e. The summed E-state index contributed by atoms with van der Waals surface area (Å²) in [5.41, 5.74) is -0.148. The van der Waals surface area contributed by atoms with Crippen LogP contribution in [0.25, 0.3) is 22.2 Å². The first-order chi connectivity index (χ1) is 26.6. The molecule has 14 nitrogen and oxygen atoms in total. The average molecular weight is 884 g/mol. The number of nitrogens with one attached hydrogen (secondary N) is 3. The van der Waals surface area contributed by atoms with Crippen molar-refractivity contribution in [1.82, 2.24) is 25.8 Å². The Balaban J connectivity index is 1.29. The number of ether oxygens (including phenoxy) is 3. The molecule has 0 radical (unpaired) electrons. The Labute approximate surface area is 339 Å². The molecular formula is C41H50IN5O9. The number of carbonyl (C=O) groups excluding carboxylic acids is 4. The van der Waals surface area contributed by atoms with Crippen LogP contribution in [-0.2, 0) is 23.9 Å². The number of rotatable bonds is 12. The van der Waals surface area contributed by atoms with Gasteiger partial charge in [0.15, 0.2) is 5.54 Å². The summed E-state index contributed by atoms with van der Waals surface area (Å²) < 4.78 is 16.9. The number of likely N-dealkylation sites (tertiary alicyclic amines) is 1. The maximum atomic E-state index is 14.4. The Kier molecular flexibility index (Phi) is 12.3. The predicted molar refractivity (Wildman–Crippen MR) is 216 cm³/mol. The van der Waals surface area contributed by atoms with Crippen LogP contribution < -0.4 is 25.4 Å². The fourth-order valence-corrected chi connectivity index (χ4v) is 8.82. The van der Waals surface area contributed by atoms with Crippen molar-refractivity contribution in [3.63, 3.8) is 0 Å². The number of esters is 1. The maximum Gasteiger partial charge on any atom is 0.330 e. The minimum atomic E-state index is -1.44. The zero-order valence-corrected chi connectivity index (χ0v) is 34.5. The second-order valence-electron chi connectivity index (χ2n) is 16.0. The highest BCUT2D eigenvalue weighted by molar-refractivity contribution is 14.1. The predicted octanol–water partition coefficient (Wildman–Crippen LogP) is 5.24. The van der Waals surface area contributed by atoms with Gasteiger partial charge in [-0.15, -0.1) is 0 Å². The molecule has 6 rings (SSSR count). The molecule has 4 amide bonds. The summed E-state index contributed by atoms with van der Waals surface area (Å²) in [5.74, 6) is -1.90. The number of carbonyl (C=O) groups is 5. The Bertz CT molecular complexity index is 1970. The molecule has 4 N–H and O–H groups in total. The molecule has 2 heterocycles. The minimum absolute atomic E-state index is 0.0416. The van der Waals surface area contributed by atoms with Crippen molar-refractivity contribution in [3.8, 4) is 22.8 Å². The molecular weight excluding hydrogens is 833 g/mol. The van der Waals surface area contributed by atoms with Gasteiger partial charge in [-0.25, -0.2) is 19.4 Å².